The SMILES string of the molecule is CCCCCCCCCCCCCCCCCCCCCCCCC(=O)O[C@H](COC(=O)CCCCCCCCCCCCCCCCCC(C)C)COP(=O)(O)OC[C@@H](O)COP(=O)(O)OC[C@@H](COC(=O)CCCCCCCCC(C)C)OC(=O)CCCCCCCCCCCCCCCCCC(C)C. The molecule has 2 unspecified atom stereocenters. The van der Waals surface area contributed by atoms with Crippen LogP contribution >= 0.6 is 15.6 Å². The number of unbranched alkanes of at least 4 members (excludes halogenated alkanes) is 54. The average molecular weight is 1560 g/mol. The Morgan fingerprint density at radius 1 is 0.252 bits per heavy atom. The summed E-state index contributed by atoms with van der Waals surface area (Å²) in [6.45, 7) is 12.0. The number of hydrogen-bond acceptors (Lipinski definition) is 15. The topological polar surface area (TPSA) is 237 Å². The first-order valence-corrected chi connectivity index (χ1v) is 48.3. The molecular formula is C88H172O17P2. The first kappa shape index (κ1) is 105. The lowest BCUT2D eigenvalue weighted by molar-refractivity contribution is -0.161. The van der Waals surface area contributed by atoms with E-state index < -0.39 is 97.5 Å². The number of hydrogen-bond donors (Lipinski definition) is 3. The predicted octanol–water partition coefficient (Wildman–Crippen LogP) is 26.9. The van der Waals surface area contributed by atoms with E-state index in [-0.39, 0.29) is 25.7 Å². The Morgan fingerprint density at radius 3 is 0.636 bits per heavy atom. The van der Waals surface area contributed by atoms with Crippen molar-refractivity contribution < 1.29 is 80.2 Å². The fraction of sp³-hybridized carbons (Fsp3) is 0.955. The van der Waals surface area contributed by atoms with Crippen LogP contribution in [0.5, 0.6) is 0 Å². The highest BCUT2D eigenvalue weighted by Crippen LogP contribution is 2.45. The minimum absolute atomic E-state index is 0.107. The second-order valence-corrected chi connectivity index (χ2v) is 36.0. The maximum Gasteiger partial charge on any atom is 0.472 e. The minimum Gasteiger partial charge on any atom is -0.462 e. The number of aliphatic hydroxyl groups is 1. The smallest absolute Gasteiger partial charge is 0.462 e. The molecule has 19 heteroatoms. The lowest BCUT2D eigenvalue weighted by Crippen LogP contribution is -2.30. The Labute approximate surface area is 658 Å². The highest BCUT2D eigenvalue weighted by Gasteiger charge is 2.31. The van der Waals surface area contributed by atoms with Crippen LogP contribution in [-0.2, 0) is 65.4 Å². The van der Waals surface area contributed by atoms with Crippen LogP contribution in [0.3, 0.4) is 0 Å². The maximum atomic E-state index is 13.2. The summed E-state index contributed by atoms with van der Waals surface area (Å²) in [5.41, 5.74) is 0. The molecule has 17 nitrogen and oxygen atoms in total. The molecule has 636 valence electrons. The number of carbonyl (C=O) groups is 4. The van der Waals surface area contributed by atoms with Crippen LogP contribution in [0.1, 0.15) is 466 Å². The lowest BCUT2D eigenvalue weighted by Gasteiger charge is -2.21. The third-order valence-corrected chi connectivity index (χ3v) is 22.5. The molecule has 0 radical (unpaired) electrons. The van der Waals surface area contributed by atoms with Crippen molar-refractivity contribution in [2.45, 2.75) is 484 Å². The van der Waals surface area contributed by atoms with Gasteiger partial charge in [0.05, 0.1) is 26.4 Å². The van der Waals surface area contributed by atoms with E-state index in [1.807, 2.05) is 0 Å². The van der Waals surface area contributed by atoms with Crippen molar-refractivity contribution in [1.82, 2.24) is 0 Å². The van der Waals surface area contributed by atoms with Gasteiger partial charge in [0, 0.05) is 25.7 Å². The fourth-order valence-electron chi connectivity index (χ4n) is 13.7. The maximum absolute atomic E-state index is 13.2. The molecule has 0 heterocycles. The second-order valence-electron chi connectivity index (χ2n) is 33.1. The zero-order valence-corrected chi connectivity index (χ0v) is 72.4. The van der Waals surface area contributed by atoms with Gasteiger partial charge in [-0.3, -0.25) is 37.3 Å². The Balaban J connectivity index is 5.20. The highest BCUT2D eigenvalue weighted by atomic mass is 31.2. The first-order chi connectivity index (χ1) is 51.7. The molecule has 0 spiro atoms. The first-order valence-electron chi connectivity index (χ1n) is 45.3. The number of phosphoric ester groups is 2. The summed E-state index contributed by atoms with van der Waals surface area (Å²) in [5.74, 6) is 0.183. The van der Waals surface area contributed by atoms with Gasteiger partial charge in [-0.1, -0.05) is 414 Å². The number of ether oxygens (including phenoxy) is 4. The molecule has 0 saturated heterocycles. The Hall–Kier alpha value is -1.94. The monoisotopic (exact) mass is 1560 g/mol. The van der Waals surface area contributed by atoms with Gasteiger partial charge < -0.3 is 33.8 Å². The summed E-state index contributed by atoms with van der Waals surface area (Å²) in [6, 6.07) is 0. The zero-order valence-electron chi connectivity index (χ0n) is 70.6. The largest absolute Gasteiger partial charge is 0.472 e. The van der Waals surface area contributed by atoms with E-state index >= 15 is 0 Å². The Kier molecular flexibility index (Phi) is 76.6. The molecule has 0 saturated carbocycles. The van der Waals surface area contributed by atoms with Crippen LogP contribution in [0.4, 0.5) is 0 Å². The quantitative estimate of drug-likeness (QED) is 0.0222. The predicted molar refractivity (Wildman–Crippen MR) is 441 cm³/mol. The molecule has 0 aromatic rings. The summed E-state index contributed by atoms with van der Waals surface area (Å²) in [6.07, 6.45) is 69.8. The summed E-state index contributed by atoms with van der Waals surface area (Å²) < 4.78 is 68.9. The Morgan fingerprint density at radius 2 is 0.430 bits per heavy atom. The third-order valence-electron chi connectivity index (χ3n) is 20.6. The van der Waals surface area contributed by atoms with Gasteiger partial charge in [0.15, 0.2) is 12.2 Å². The van der Waals surface area contributed by atoms with Gasteiger partial charge in [-0.05, 0) is 43.4 Å². The standard InChI is InChI=1S/C88H172O17P2/c1-8-9-10-11-12-13-14-15-16-17-18-19-20-21-22-27-33-38-43-48-57-64-71-87(92)104-83(75-98-85(90)69-62-55-47-42-37-32-28-23-25-30-35-40-45-52-59-66-79(2)3)77-102-106(94,95)100-73-82(89)74-101-107(96,97)103-78-84(76-99-86(91)70-63-56-51-50-54-61-68-81(6)7)105-88(93)72-65-58-49-44-39-34-29-24-26-31-36-41-46-53-60-67-80(4)5/h79-84,89H,8-78H2,1-7H3,(H,94,95)(H,96,97)/t82-,83-,84-/m1/s1. The van der Waals surface area contributed by atoms with E-state index in [0.717, 1.165) is 108 Å². The number of rotatable bonds is 86. The van der Waals surface area contributed by atoms with E-state index in [9.17, 15) is 43.2 Å². The molecule has 5 atom stereocenters. The van der Waals surface area contributed by atoms with Crippen LogP contribution in [0.2, 0.25) is 0 Å². The molecule has 0 rings (SSSR count). The van der Waals surface area contributed by atoms with E-state index in [1.165, 1.54) is 270 Å². The van der Waals surface area contributed by atoms with Crippen molar-refractivity contribution in [1.29, 1.82) is 0 Å². The van der Waals surface area contributed by atoms with Crippen molar-refractivity contribution in [2.24, 2.45) is 17.8 Å². The molecule has 0 amide bonds. The van der Waals surface area contributed by atoms with Crippen molar-refractivity contribution in [3.05, 3.63) is 0 Å². The van der Waals surface area contributed by atoms with Gasteiger partial charge >= 0.3 is 39.5 Å². The molecule has 0 aliphatic rings. The average Bonchev–Trinajstić information content (AvgIpc) is 1.26. The van der Waals surface area contributed by atoms with Crippen molar-refractivity contribution in [3.8, 4) is 0 Å². The van der Waals surface area contributed by atoms with Gasteiger partial charge in [-0.2, -0.15) is 0 Å². The van der Waals surface area contributed by atoms with E-state index in [4.69, 9.17) is 37.0 Å². The Bertz CT molecular complexity index is 2060. The summed E-state index contributed by atoms with van der Waals surface area (Å²) in [7, 11) is -9.93. The fourth-order valence-corrected chi connectivity index (χ4v) is 15.3. The van der Waals surface area contributed by atoms with E-state index in [1.54, 1.807) is 0 Å². The molecule has 0 aliphatic heterocycles. The van der Waals surface area contributed by atoms with Crippen LogP contribution in [-0.4, -0.2) is 96.7 Å². The molecule has 0 fully saturated rings. The number of aliphatic hydroxyl groups excluding tert-OH is 1. The summed E-state index contributed by atoms with van der Waals surface area (Å²) in [5, 5.41) is 10.7. The van der Waals surface area contributed by atoms with E-state index in [2.05, 4.69) is 48.5 Å². The van der Waals surface area contributed by atoms with Crippen LogP contribution in [0, 0.1) is 17.8 Å². The number of carbonyl (C=O) groups excluding carboxylic acids is 4. The van der Waals surface area contributed by atoms with Crippen LogP contribution in [0.25, 0.3) is 0 Å². The molecule has 0 aromatic heterocycles. The summed E-state index contributed by atoms with van der Waals surface area (Å²) in [4.78, 5) is 73.2. The number of esters is 4. The zero-order chi connectivity index (χ0) is 78.6. The van der Waals surface area contributed by atoms with Gasteiger partial charge in [0.25, 0.3) is 0 Å². The highest BCUT2D eigenvalue weighted by molar-refractivity contribution is 7.47. The van der Waals surface area contributed by atoms with Gasteiger partial charge in [0.1, 0.15) is 19.3 Å². The van der Waals surface area contributed by atoms with Gasteiger partial charge in [-0.15, -0.1) is 0 Å². The van der Waals surface area contributed by atoms with Crippen molar-refractivity contribution >= 4 is 39.5 Å². The molecule has 0 aliphatic carbocycles. The molecule has 0 aromatic carbocycles. The summed E-state index contributed by atoms with van der Waals surface area (Å²) >= 11 is 0. The van der Waals surface area contributed by atoms with Gasteiger partial charge in [-0.25, -0.2) is 9.13 Å². The van der Waals surface area contributed by atoms with E-state index in [0.29, 0.717) is 31.6 Å². The van der Waals surface area contributed by atoms with Gasteiger partial charge in [0.2, 0.25) is 0 Å². The lowest BCUT2D eigenvalue weighted by atomic mass is 10.0. The molecule has 107 heavy (non-hydrogen) atoms. The second kappa shape index (κ2) is 78.0. The normalized spacial score (nSPS) is 13.8. The minimum atomic E-state index is -4.97. The molecule has 3 N–H and O–H groups in total. The van der Waals surface area contributed by atoms with Crippen molar-refractivity contribution in [3.63, 3.8) is 0 Å². The molecule has 0 bridgehead atoms. The van der Waals surface area contributed by atoms with Crippen LogP contribution < -0.4 is 0 Å². The van der Waals surface area contributed by atoms with Crippen molar-refractivity contribution in [2.75, 3.05) is 39.6 Å². The molecular weight excluding hydrogens is 1390 g/mol. The third kappa shape index (κ3) is 81.9. The number of phosphoric acid groups is 2. The van der Waals surface area contributed by atoms with Crippen LogP contribution in [0.15, 0.2) is 0 Å².